The van der Waals surface area contributed by atoms with Crippen LogP contribution in [0.25, 0.3) is 0 Å². The zero-order valence-electron chi connectivity index (χ0n) is 11.4. The second-order valence-corrected chi connectivity index (χ2v) is 5.13. The van der Waals surface area contributed by atoms with E-state index in [0.717, 1.165) is 38.5 Å². The number of benzene rings is 1. The van der Waals surface area contributed by atoms with E-state index in [9.17, 15) is 0 Å². The maximum Gasteiger partial charge on any atom is 0.117 e. The summed E-state index contributed by atoms with van der Waals surface area (Å²) in [6, 6.07) is 12.6. The fraction of sp³-hybridized carbons (Fsp3) is 0.375. The quantitative estimate of drug-likeness (QED) is 0.842. The first-order valence-electron chi connectivity index (χ1n) is 6.88. The highest BCUT2D eigenvalue weighted by Gasteiger charge is 2.18. The maximum atomic E-state index is 5.41. The van der Waals surface area contributed by atoms with Gasteiger partial charge in [0.15, 0.2) is 0 Å². The second-order valence-electron chi connectivity index (χ2n) is 5.13. The van der Waals surface area contributed by atoms with E-state index in [1.807, 2.05) is 12.1 Å². The highest BCUT2D eigenvalue weighted by molar-refractivity contribution is 5.53. The number of hydrogen-bond acceptors (Lipinski definition) is 3. The van der Waals surface area contributed by atoms with E-state index in [-0.39, 0.29) is 0 Å². The van der Waals surface area contributed by atoms with Gasteiger partial charge < -0.3 is 9.32 Å². The molecule has 1 aromatic heterocycles. The molecular formula is C16H20N2O. The molecule has 0 atom stereocenters. The number of furan rings is 1. The first-order valence-corrected chi connectivity index (χ1v) is 6.88. The number of rotatable bonds is 3. The van der Waals surface area contributed by atoms with Gasteiger partial charge in [0.05, 0.1) is 12.8 Å². The number of hydrogen-bond donors (Lipinski definition) is 0. The molecule has 0 aliphatic carbocycles. The Bertz CT molecular complexity index is 513. The van der Waals surface area contributed by atoms with Gasteiger partial charge in [-0.3, -0.25) is 4.90 Å². The molecule has 3 nitrogen and oxygen atoms in total. The van der Waals surface area contributed by atoms with E-state index < -0.39 is 0 Å². The van der Waals surface area contributed by atoms with Crippen LogP contribution in [0.15, 0.2) is 47.1 Å². The summed E-state index contributed by atoms with van der Waals surface area (Å²) in [5.74, 6) is 1.06. The van der Waals surface area contributed by atoms with Crippen molar-refractivity contribution in [2.75, 3.05) is 31.1 Å². The van der Waals surface area contributed by atoms with Gasteiger partial charge in [-0.15, -0.1) is 0 Å². The minimum absolute atomic E-state index is 0.925. The van der Waals surface area contributed by atoms with Gasteiger partial charge >= 0.3 is 0 Å². The van der Waals surface area contributed by atoms with Crippen LogP contribution >= 0.6 is 0 Å². The Morgan fingerprint density at radius 1 is 1.00 bits per heavy atom. The van der Waals surface area contributed by atoms with Crippen LogP contribution in [-0.2, 0) is 6.54 Å². The minimum Gasteiger partial charge on any atom is -0.468 e. The van der Waals surface area contributed by atoms with Gasteiger partial charge in [-0.05, 0) is 30.7 Å². The third kappa shape index (κ3) is 2.82. The number of para-hydroxylation sites is 1. The second kappa shape index (κ2) is 5.49. The first kappa shape index (κ1) is 12.3. The van der Waals surface area contributed by atoms with E-state index in [0.29, 0.717) is 0 Å². The van der Waals surface area contributed by atoms with E-state index in [2.05, 4.69) is 41.0 Å². The van der Waals surface area contributed by atoms with Crippen molar-refractivity contribution >= 4 is 5.69 Å². The predicted molar refractivity (Wildman–Crippen MR) is 77.4 cm³/mol. The van der Waals surface area contributed by atoms with Gasteiger partial charge in [0.25, 0.3) is 0 Å². The molecule has 1 aliphatic heterocycles. The lowest BCUT2D eigenvalue weighted by Gasteiger charge is -2.36. The van der Waals surface area contributed by atoms with Crippen LogP contribution in [0.4, 0.5) is 5.69 Å². The van der Waals surface area contributed by atoms with E-state index in [1.54, 1.807) is 6.26 Å². The number of nitrogens with zero attached hydrogens (tertiary/aromatic N) is 2. The molecule has 1 saturated heterocycles. The molecule has 0 radical (unpaired) electrons. The van der Waals surface area contributed by atoms with Crippen molar-refractivity contribution < 1.29 is 4.42 Å². The Labute approximate surface area is 114 Å². The zero-order valence-corrected chi connectivity index (χ0v) is 11.4. The summed E-state index contributed by atoms with van der Waals surface area (Å²) >= 11 is 0. The van der Waals surface area contributed by atoms with Crippen molar-refractivity contribution in [3.8, 4) is 0 Å². The molecule has 0 spiro atoms. The zero-order chi connectivity index (χ0) is 13.1. The van der Waals surface area contributed by atoms with Crippen LogP contribution in [0.5, 0.6) is 0 Å². The number of anilines is 1. The molecule has 0 amide bonds. The maximum absolute atomic E-state index is 5.41. The van der Waals surface area contributed by atoms with Gasteiger partial charge in [0.1, 0.15) is 5.76 Å². The molecule has 0 saturated carbocycles. The van der Waals surface area contributed by atoms with Crippen LogP contribution in [0.1, 0.15) is 11.3 Å². The van der Waals surface area contributed by atoms with Crippen molar-refractivity contribution in [3.05, 3.63) is 54.0 Å². The van der Waals surface area contributed by atoms with Gasteiger partial charge in [-0.1, -0.05) is 18.2 Å². The largest absolute Gasteiger partial charge is 0.468 e. The van der Waals surface area contributed by atoms with Gasteiger partial charge in [-0.25, -0.2) is 0 Å². The molecule has 3 heteroatoms. The molecule has 100 valence electrons. The molecule has 1 aliphatic rings. The highest BCUT2D eigenvalue weighted by atomic mass is 16.3. The fourth-order valence-corrected chi connectivity index (χ4v) is 2.69. The summed E-state index contributed by atoms with van der Waals surface area (Å²) in [4.78, 5) is 4.93. The van der Waals surface area contributed by atoms with Crippen molar-refractivity contribution in [3.63, 3.8) is 0 Å². The molecule has 1 aromatic carbocycles. The smallest absolute Gasteiger partial charge is 0.117 e. The summed E-state index contributed by atoms with van der Waals surface area (Å²) in [6.07, 6.45) is 1.75. The third-order valence-electron chi connectivity index (χ3n) is 3.79. The topological polar surface area (TPSA) is 19.6 Å². The van der Waals surface area contributed by atoms with Crippen LogP contribution in [-0.4, -0.2) is 31.1 Å². The molecule has 0 bridgehead atoms. The van der Waals surface area contributed by atoms with Gasteiger partial charge in [0.2, 0.25) is 0 Å². The lowest BCUT2D eigenvalue weighted by atomic mass is 10.1. The molecule has 0 unspecified atom stereocenters. The molecule has 19 heavy (non-hydrogen) atoms. The Hall–Kier alpha value is -1.74. The Morgan fingerprint density at radius 3 is 2.47 bits per heavy atom. The van der Waals surface area contributed by atoms with E-state index >= 15 is 0 Å². The van der Waals surface area contributed by atoms with Gasteiger partial charge in [0, 0.05) is 31.9 Å². The number of aryl methyl sites for hydroxylation is 1. The lowest BCUT2D eigenvalue weighted by Crippen LogP contribution is -2.46. The summed E-state index contributed by atoms with van der Waals surface area (Å²) in [7, 11) is 0. The first-order chi connectivity index (χ1) is 9.33. The van der Waals surface area contributed by atoms with Crippen LogP contribution in [0, 0.1) is 6.92 Å². The Balaban J connectivity index is 1.59. The van der Waals surface area contributed by atoms with Crippen LogP contribution in [0.2, 0.25) is 0 Å². The fourth-order valence-electron chi connectivity index (χ4n) is 2.69. The molecule has 0 N–H and O–H groups in total. The predicted octanol–water partition coefficient (Wildman–Crippen LogP) is 2.91. The molecular weight excluding hydrogens is 236 g/mol. The summed E-state index contributed by atoms with van der Waals surface area (Å²) in [6.45, 7) is 7.47. The average Bonchev–Trinajstić information content (AvgIpc) is 2.93. The Morgan fingerprint density at radius 2 is 1.79 bits per heavy atom. The van der Waals surface area contributed by atoms with Crippen molar-refractivity contribution in [1.29, 1.82) is 0 Å². The highest BCUT2D eigenvalue weighted by Crippen LogP contribution is 2.21. The standard InChI is InChI=1S/C16H20N2O/c1-14-5-2-3-7-16(14)18-10-8-17(9-11-18)13-15-6-4-12-19-15/h2-7,12H,8-11,13H2,1H3. The van der Waals surface area contributed by atoms with Crippen molar-refractivity contribution in [2.45, 2.75) is 13.5 Å². The summed E-state index contributed by atoms with van der Waals surface area (Å²) in [5, 5.41) is 0. The molecule has 3 rings (SSSR count). The molecule has 1 fully saturated rings. The normalized spacial score (nSPS) is 16.8. The minimum atomic E-state index is 0.925. The number of piperazine rings is 1. The van der Waals surface area contributed by atoms with E-state index in [1.165, 1.54) is 11.3 Å². The molecule has 2 aromatic rings. The lowest BCUT2D eigenvalue weighted by molar-refractivity contribution is 0.230. The monoisotopic (exact) mass is 256 g/mol. The average molecular weight is 256 g/mol. The SMILES string of the molecule is Cc1ccccc1N1CCN(Cc2ccco2)CC1. The van der Waals surface area contributed by atoms with Crippen LogP contribution < -0.4 is 4.90 Å². The summed E-state index contributed by atoms with van der Waals surface area (Å²) in [5.41, 5.74) is 2.74. The van der Waals surface area contributed by atoms with Crippen LogP contribution in [0.3, 0.4) is 0 Å². The van der Waals surface area contributed by atoms with Crippen molar-refractivity contribution in [1.82, 2.24) is 4.90 Å². The Kier molecular flexibility index (Phi) is 3.56. The van der Waals surface area contributed by atoms with Crippen molar-refractivity contribution in [2.24, 2.45) is 0 Å². The summed E-state index contributed by atoms with van der Waals surface area (Å²) < 4.78 is 5.41. The van der Waals surface area contributed by atoms with E-state index in [4.69, 9.17) is 4.42 Å². The third-order valence-corrected chi connectivity index (χ3v) is 3.79. The molecule has 2 heterocycles. The van der Waals surface area contributed by atoms with Gasteiger partial charge in [-0.2, -0.15) is 0 Å².